The van der Waals surface area contributed by atoms with Crippen LogP contribution < -0.4 is 0 Å². The van der Waals surface area contributed by atoms with E-state index >= 15 is 0 Å². The standard InChI is InChI=1S/C9H8O2S/c10-5-7-6-3-4-12-9(6)2-1-8(7)11/h1-2,5,11H,3-4H2. The van der Waals surface area contributed by atoms with E-state index in [1.165, 1.54) is 0 Å². The predicted molar refractivity (Wildman–Crippen MR) is 47.9 cm³/mol. The molecule has 0 saturated heterocycles. The molecule has 0 aliphatic carbocycles. The van der Waals surface area contributed by atoms with E-state index in [-0.39, 0.29) is 5.75 Å². The predicted octanol–water partition coefficient (Wildman–Crippen LogP) is 1.85. The van der Waals surface area contributed by atoms with E-state index in [1.54, 1.807) is 17.8 Å². The van der Waals surface area contributed by atoms with Gasteiger partial charge in [0, 0.05) is 10.6 Å². The Morgan fingerprint density at radius 3 is 3.08 bits per heavy atom. The van der Waals surface area contributed by atoms with E-state index in [2.05, 4.69) is 0 Å². The second kappa shape index (κ2) is 2.83. The maximum Gasteiger partial charge on any atom is 0.154 e. The van der Waals surface area contributed by atoms with Gasteiger partial charge in [-0.15, -0.1) is 11.8 Å². The van der Waals surface area contributed by atoms with Crippen molar-refractivity contribution in [2.45, 2.75) is 11.3 Å². The lowest BCUT2D eigenvalue weighted by Crippen LogP contribution is -1.91. The van der Waals surface area contributed by atoms with Crippen molar-refractivity contribution in [3.8, 4) is 5.75 Å². The quantitative estimate of drug-likeness (QED) is 0.670. The number of hydrogen-bond acceptors (Lipinski definition) is 3. The molecule has 0 aromatic heterocycles. The molecule has 12 heavy (non-hydrogen) atoms. The highest BCUT2D eigenvalue weighted by molar-refractivity contribution is 7.99. The molecule has 0 bridgehead atoms. The first-order valence-corrected chi connectivity index (χ1v) is 4.74. The van der Waals surface area contributed by atoms with Crippen molar-refractivity contribution in [2.75, 3.05) is 5.75 Å². The van der Waals surface area contributed by atoms with Gasteiger partial charge in [-0.25, -0.2) is 0 Å². The average Bonchev–Trinajstić information content (AvgIpc) is 2.52. The van der Waals surface area contributed by atoms with Crippen molar-refractivity contribution in [1.82, 2.24) is 0 Å². The Labute approximate surface area is 74.6 Å². The van der Waals surface area contributed by atoms with Gasteiger partial charge >= 0.3 is 0 Å². The Morgan fingerprint density at radius 2 is 2.33 bits per heavy atom. The van der Waals surface area contributed by atoms with E-state index in [0.29, 0.717) is 5.56 Å². The Morgan fingerprint density at radius 1 is 1.50 bits per heavy atom. The van der Waals surface area contributed by atoms with E-state index in [0.717, 1.165) is 28.9 Å². The molecule has 0 fully saturated rings. The third-order valence-electron chi connectivity index (χ3n) is 2.02. The van der Waals surface area contributed by atoms with Crippen LogP contribution in [0.2, 0.25) is 0 Å². The van der Waals surface area contributed by atoms with Crippen LogP contribution in [-0.2, 0) is 6.42 Å². The lowest BCUT2D eigenvalue weighted by atomic mass is 10.1. The molecule has 0 radical (unpaired) electrons. The van der Waals surface area contributed by atoms with Gasteiger partial charge in [0.15, 0.2) is 6.29 Å². The highest BCUT2D eigenvalue weighted by atomic mass is 32.2. The van der Waals surface area contributed by atoms with Gasteiger partial charge in [-0.1, -0.05) is 0 Å². The number of thioether (sulfide) groups is 1. The van der Waals surface area contributed by atoms with Crippen molar-refractivity contribution in [3.05, 3.63) is 23.3 Å². The Hall–Kier alpha value is -0.960. The molecule has 1 heterocycles. The monoisotopic (exact) mass is 180 g/mol. The smallest absolute Gasteiger partial charge is 0.154 e. The number of phenolic OH excluding ortho intramolecular Hbond substituents is 1. The number of benzene rings is 1. The molecule has 1 aliphatic heterocycles. The summed E-state index contributed by atoms with van der Waals surface area (Å²) in [5.74, 6) is 1.12. The van der Waals surface area contributed by atoms with Gasteiger partial charge in [0.1, 0.15) is 5.75 Å². The third kappa shape index (κ3) is 1.01. The molecule has 0 spiro atoms. The summed E-state index contributed by atoms with van der Waals surface area (Å²) in [6.45, 7) is 0. The lowest BCUT2D eigenvalue weighted by Gasteiger charge is -2.02. The zero-order valence-corrected chi connectivity index (χ0v) is 7.23. The Balaban J connectivity index is 2.65. The molecule has 2 rings (SSSR count). The minimum Gasteiger partial charge on any atom is -0.507 e. The second-order valence-corrected chi connectivity index (χ2v) is 3.83. The molecule has 1 aliphatic rings. The number of phenols is 1. The van der Waals surface area contributed by atoms with Crippen molar-refractivity contribution in [2.24, 2.45) is 0 Å². The van der Waals surface area contributed by atoms with Gasteiger partial charge in [0.25, 0.3) is 0 Å². The maximum atomic E-state index is 10.6. The molecule has 0 saturated carbocycles. The van der Waals surface area contributed by atoms with Crippen LogP contribution in [0, 0.1) is 0 Å². The van der Waals surface area contributed by atoms with Gasteiger partial charge in [-0.05, 0) is 24.1 Å². The molecular formula is C9H8O2S. The van der Waals surface area contributed by atoms with Gasteiger partial charge < -0.3 is 5.11 Å². The summed E-state index contributed by atoms with van der Waals surface area (Å²) in [5.41, 5.74) is 1.48. The fraction of sp³-hybridized carbons (Fsp3) is 0.222. The largest absolute Gasteiger partial charge is 0.507 e. The average molecular weight is 180 g/mol. The van der Waals surface area contributed by atoms with Crippen molar-refractivity contribution in [1.29, 1.82) is 0 Å². The molecule has 0 amide bonds. The summed E-state index contributed by atoms with van der Waals surface area (Å²) in [6, 6.07) is 3.45. The lowest BCUT2D eigenvalue weighted by molar-refractivity contribution is 0.112. The zero-order valence-electron chi connectivity index (χ0n) is 6.41. The molecule has 1 aromatic rings. The normalized spacial score (nSPS) is 14.3. The van der Waals surface area contributed by atoms with E-state index in [1.807, 2.05) is 6.07 Å². The van der Waals surface area contributed by atoms with Gasteiger partial charge in [0.05, 0.1) is 5.56 Å². The number of fused-ring (bicyclic) bond motifs is 1. The molecule has 0 atom stereocenters. The topological polar surface area (TPSA) is 37.3 Å². The van der Waals surface area contributed by atoms with Gasteiger partial charge in [-0.3, -0.25) is 4.79 Å². The number of carbonyl (C=O) groups is 1. The fourth-order valence-corrected chi connectivity index (χ4v) is 2.50. The van der Waals surface area contributed by atoms with Crippen LogP contribution >= 0.6 is 11.8 Å². The molecule has 3 heteroatoms. The molecule has 0 unspecified atom stereocenters. The summed E-state index contributed by atoms with van der Waals surface area (Å²) in [7, 11) is 0. The van der Waals surface area contributed by atoms with Crippen LogP contribution in [0.5, 0.6) is 5.75 Å². The first-order chi connectivity index (χ1) is 5.83. The second-order valence-electron chi connectivity index (χ2n) is 2.69. The highest BCUT2D eigenvalue weighted by Crippen LogP contribution is 2.36. The first kappa shape index (κ1) is 7.68. The Kier molecular flexibility index (Phi) is 1.81. The molecule has 62 valence electrons. The van der Waals surface area contributed by atoms with Crippen LogP contribution in [0.3, 0.4) is 0 Å². The van der Waals surface area contributed by atoms with Crippen molar-refractivity contribution in [3.63, 3.8) is 0 Å². The summed E-state index contributed by atoms with van der Waals surface area (Å²) >= 11 is 1.74. The summed E-state index contributed by atoms with van der Waals surface area (Å²) in [5, 5.41) is 9.33. The van der Waals surface area contributed by atoms with E-state index in [4.69, 9.17) is 0 Å². The van der Waals surface area contributed by atoms with Gasteiger partial charge in [-0.2, -0.15) is 0 Å². The van der Waals surface area contributed by atoms with Crippen molar-refractivity contribution < 1.29 is 9.90 Å². The molecule has 2 nitrogen and oxygen atoms in total. The highest BCUT2D eigenvalue weighted by Gasteiger charge is 2.17. The van der Waals surface area contributed by atoms with E-state index < -0.39 is 0 Å². The first-order valence-electron chi connectivity index (χ1n) is 3.76. The molecule has 1 N–H and O–H groups in total. The number of hydrogen-bond donors (Lipinski definition) is 1. The zero-order chi connectivity index (χ0) is 8.55. The van der Waals surface area contributed by atoms with E-state index in [9.17, 15) is 9.90 Å². The third-order valence-corrected chi connectivity index (χ3v) is 3.12. The minimum atomic E-state index is 0.103. The number of aldehydes is 1. The maximum absolute atomic E-state index is 10.6. The Bertz CT molecular complexity index is 334. The van der Waals surface area contributed by atoms with Crippen LogP contribution in [0.25, 0.3) is 0 Å². The summed E-state index contributed by atoms with van der Waals surface area (Å²) < 4.78 is 0. The van der Waals surface area contributed by atoms with Crippen molar-refractivity contribution >= 4 is 18.0 Å². The number of carbonyl (C=O) groups excluding carboxylic acids is 1. The summed E-state index contributed by atoms with van der Waals surface area (Å²) in [4.78, 5) is 11.8. The SMILES string of the molecule is O=Cc1c(O)ccc2c1CCS2. The molecular weight excluding hydrogens is 172 g/mol. The number of rotatable bonds is 1. The fourth-order valence-electron chi connectivity index (χ4n) is 1.42. The van der Waals surface area contributed by atoms with Crippen LogP contribution in [0.4, 0.5) is 0 Å². The minimum absolute atomic E-state index is 0.103. The van der Waals surface area contributed by atoms with Crippen LogP contribution in [0.15, 0.2) is 17.0 Å². The van der Waals surface area contributed by atoms with Crippen LogP contribution in [0.1, 0.15) is 15.9 Å². The van der Waals surface area contributed by atoms with Gasteiger partial charge in [0.2, 0.25) is 0 Å². The molecule has 1 aromatic carbocycles. The number of aromatic hydroxyl groups is 1. The van der Waals surface area contributed by atoms with Crippen LogP contribution in [-0.4, -0.2) is 17.1 Å². The summed E-state index contributed by atoms with van der Waals surface area (Å²) in [6.07, 6.45) is 1.63.